The van der Waals surface area contributed by atoms with E-state index in [1.807, 2.05) is 17.0 Å². The number of aryl methyl sites for hydroxylation is 1. The first kappa shape index (κ1) is 15.5. The van der Waals surface area contributed by atoms with Gasteiger partial charge >= 0.3 is 0 Å². The highest BCUT2D eigenvalue weighted by atomic mass is 16.5. The topological polar surface area (TPSA) is 48.0 Å². The van der Waals surface area contributed by atoms with Gasteiger partial charge in [-0.25, -0.2) is 0 Å². The Kier molecular flexibility index (Phi) is 5.31. The molecule has 1 aliphatic rings. The third-order valence-corrected chi connectivity index (χ3v) is 3.81. The number of benzene rings is 1. The van der Waals surface area contributed by atoms with Crippen molar-refractivity contribution in [2.45, 2.75) is 25.7 Å². The Morgan fingerprint density at radius 2 is 1.62 bits per heavy atom. The molecule has 1 aromatic rings. The van der Waals surface area contributed by atoms with Crippen LogP contribution in [-0.2, 0) is 11.2 Å². The van der Waals surface area contributed by atoms with Crippen LogP contribution in [0, 0.1) is 0 Å². The smallest absolute Gasteiger partial charge is 0.222 e. The van der Waals surface area contributed by atoms with E-state index in [9.17, 15) is 4.79 Å². The standard InChI is InChI=1S/C16H23NO4/c1-19-13-10-12(11-14(20-2)16(13)21-3)6-7-15(18)17-8-4-5-9-17/h10-11H,4-9H2,1-3H3. The molecule has 0 bridgehead atoms. The molecule has 0 spiro atoms. The molecular weight excluding hydrogens is 270 g/mol. The van der Waals surface area contributed by atoms with E-state index in [1.54, 1.807) is 21.3 Å². The molecule has 1 saturated heterocycles. The lowest BCUT2D eigenvalue weighted by atomic mass is 10.1. The second-order valence-corrected chi connectivity index (χ2v) is 5.12. The molecule has 0 unspecified atom stereocenters. The second-order valence-electron chi connectivity index (χ2n) is 5.12. The number of hydrogen-bond donors (Lipinski definition) is 0. The molecule has 1 aromatic carbocycles. The van der Waals surface area contributed by atoms with Gasteiger partial charge in [0.2, 0.25) is 11.7 Å². The summed E-state index contributed by atoms with van der Waals surface area (Å²) in [7, 11) is 4.77. The van der Waals surface area contributed by atoms with Crippen LogP contribution in [-0.4, -0.2) is 45.2 Å². The predicted octanol–water partition coefficient (Wildman–Crippen LogP) is 2.27. The van der Waals surface area contributed by atoms with E-state index in [0.29, 0.717) is 30.1 Å². The van der Waals surface area contributed by atoms with Gasteiger partial charge in [0, 0.05) is 19.5 Å². The van der Waals surface area contributed by atoms with Crippen molar-refractivity contribution in [1.29, 1.82) is 0 Å². The molecule has 0 atom stereocenters. The van der Waals surface area contributed by atoms with Crippen LogP contribution < -0.4 is 14.2 Å². The highest BCUT2D eigenvalue weighted by molar-refractivity contribution is 5.76. The summed E-state index contributed by atoms with van der Waals surface area (Å²) in [6, 6.07) is 3.80. The fourth-order valence-electron chi connectivity index (χ4n) is 2.66. The zero-order valence-corrected chi connectivity index (χ0v) is 13.0. The van der Waals surface area contributed by atoms with Crippen LogP contribution in [0.2, 0.25) is 0 Å². The average Bonchev–Trinajstić information content (AvgIpc) is 3.05. The largest absolute Gasteiger partial charge is 0.493 e. The third kappa shape index (κ3) is 3.60. The highest BCUT2D eigenvalue weighted by Crippen LogP contribution is 2.38. The van der Waals surface area contributed by atoms with E-state index >= 15 is 0 Å². The number of carbonyl (C=O) groups is 1. The Morgan fingerprint density at radius 1 is 1.05 bits per heavy atom. The van der Waals surface area contributed by atoms with Gasteiger partial charge in [0.25, 0.3) is 0 Å². The van der Waals surface area contributed by atoms with Gasteiger partial charge in [-0.2, -0.15) is 0 Å². The number of rotatable bonds is 6. The van der Waals surface area contributed by atoms with Crippen LogP contribution in [0.4, 0.5) is 0 Å². The Morgan fingerprint density at radius 3 is 2.10 bits per heavy atom. The number of carbonyl (C=O) groups excluding carboxylic acids is 1. The minimum Gasteiger partial charge on any atom is -0.493 e. The van der Waals surface area contributed by atoms with Crippen molar-refractivity contribution in [2.75, 3.05) is 34.4 Å². The summed E-state index contributed by atoms with van der Waals surface area (Å²) in [6.45, 7) is 1.79. The number of ether oxygens (including phenoxy) is 3. The first-order valence-electron chi connectivity index (χ1n) is 7.26. The normalized spacial score (nSPS) is 14.1. The quantitative estimate of drug-likeness (QED) is 0.807. The summed E-state index contributed by atoms with van der Waals surface area (Å²) in [4.78, 5) is 14.0. The van der Waals surface area contributed by atoms with E-state index in [4.69, 9.17) is 14.2 Å². The minimum atomic E-state index is 0.223. The van der Waals surface area contributed by atoms with Crippen molar-refractivity contribution in [3.8, 4) is 17.2 Å². The number of methoxy groups -OCH3 is 3. The predicted molar refractivity (Wildman–Crippen MR) is 80.2 cm³/mol. The van der Waals surface area contributed by atoms with Crippen LogP contribution in [0.5, 0.6) is 17.2 Å². The fourth-order valence-corrected chi connectivity index (χ4v) is 2.66. The number of nitrogens with zero attached hydrogens (tertiary/aromatic N) is 1. The Balaban J connectivity index is 2.07. The lowest BCUT2D eigenvalue weighted by molar-refractivity contribution is -0.130. The molecule has 0 N–H and O–H groups in total. The molecule has 1 amide bonds. The summed E-state index contributed by atoms with van der Waals surface area (Å²) >= 11 is 0. The molecular formula is C16H23NO4. The first-order chi connectivity index (χ1) is 10.2. The second kappa shape index (κ2) is 7.20. The van der Waals surface area contributed by atoms with Crippen molar-refractivity contribution >= 4 is 5.91 Å². The van der Waals surface area contributed by atoms with Gasteiger partial charge in [0.15, 0.2) is 11.5 Å². The van der Waals surface area contributed by atoms with E-state index < -0.39 is 0 Å². The molecule has 1 heterocycles. The molecule has 0 saturated carbocycles. The highest BCUT2D eigenvalue weighted by Gasteiger charge is 2.18. The maximum atomic E-state index is 12.1. The minimum absolute atomic E-state index is 0.223. The number of amides is 1. The third-order valence-electron chi connectivity index (χ3n) is 3.81. The summed E-state index contributed by atoms with van der Waals surface area (Å²) in [5.41, 5.74) is 1.01. The van der Waals surface area contributed by atoms with Crippen molar-refractivity contribution in [3.05, 3.63) is 17.7 Å². The van der Waals surface area contributed by atoms with Crippen molar-refractivity contribution < 1.29 is 19.0 Å². The van der Waals surface area contributed by atoms with Gasteiger partial charge in [-0.3, -0.25) is 4.79 Å². The average molecular weight is 293 g/mol. The molecule has 5 heteroatoms. The Labute approximate surface area is 125 Å². The van der Waals surface area contributed by atoms with E-state index in [-0.39, 0.29) is 5.91 Å². The van der Waals surface area contributed by atoms with Crippen LogP contribution >= 0.6 is 0 Å². The van der Waals surface area contributed by atoms with Crippen LogP contribution in [0.1, 0.15) is 24.8 Å². The molecule has 1 aliphatic heterocycles. The van der Waals surface area contributed by atoms with Gasteiger partial charge in [0.05, 0.1) is 21.3 Å². The monoisotopic (exact) mass is 293 g/mol. The molecule has 116 valence electrons. The molecule has 21 heavy (non-hydrogen) atoms. The van der Waals surface area contributed by atoms with E-state index in [2.05, 4.69) is 0 Å². The van der Waals surface area contributed by atoms with Crippen LogP contribution in [0.25, 0.3) is 0 Å². The summed E-state index contributed by atoms with van der Waals surface area (Å²) in [5.74, 6) is 2.05. The Hall–Kier alpha value is -1.91. The van der Waals surface area contributed by atoms with Gasteiger partial charge in [-0.1, -0.05) is 0 Å². The number of likely N-dealkylation sites (tertiary alicyclic amines) is 1. The van der Waals surface area contributed by atoms with Crippen LogP contribution in [0.3, 0.4) is 0 Å². The van der Waals surface area contributed by atoms with Crippen molar-refractivity contribution in [1.82, 2.24) is 4.90 Å². The van der Waals surface area contributed by atoms with E-state index in [1.165, 1.54) is 0 Å². The summed E-state index contributed by atoms with van der Waals surface area (Å²) < 4.78 is 15.9. The van der Waals surface area contributed by atoms with Gasteiger partial charge in [-0.05, 0) is 37.0 Å². The van der Waals surface area contributed by atoms with Gasteiger partial charge < -0.3 is 19.1 Å². The lowest BCUT2D eigenvalue weighted by Crippen LogP contribution is -2.27. The lowest BCUT2D eigenvalue weighted by Gasteiger charge is -2.16. The van der Waals surface area contributed by atoms with Gasteiger partial charge in [-0.15, -0.1) is 0 Å². The summed E-state index contributed by atoms with van der Waals surface area (Å²) in [6.07, 6.45) is 3.43. The molecule has 1 fully saturated rings. The summed E-state index contributed by atoms with van der Waals surface area (Å²) in [5, 5.41) is 0. The zero-order valence-electron chi connectivity index (χ0n) is 13.0. The maximum absolute atomic E-state index is 12.1. The SMILES string of the molecule is COc1cc(CCC(=O)N2CCCC2)cc(OC)c1OC. The van der Waals surface area contributed by atoms with E-state index in [0.717, 1.165) is 31.5 Å². The molecule has 2 rings (SSSR count). The molecule has 5 nitrogen and oxygen atoms in total. The Bertz CT molecular complexity index is 470. The van der Waals surface area contributed by atoms with Crippen molar-refractivity contribution in [3.63, 3.8) is 0 Å². The number of hydrogen-bond acceptors (Lipinski definition) is 4. The van der Waals surface area contributed by atoms with Gasteiger partial charge in [0.1, 0.15) is 0 Å². The molecule has 0 aromatic heterocycles. The zero-order chi connectivity index (χ0) is 15.2. The fraction of sp³-hybridized carbons (Fsp3) is 0.562. The molecule has 0 aliphatic carbocycles. The maximum Gasteiger partial charge on any atom is 0.222 e. The first-order valence-corrected chi connectivity index (χ1v) is 7.26. The molecule has 0 radical (unpaired) electrons. The van der Waals surface area contributed by atoms with Crippen molar-refractivity contribution in [2.24, 2.45) is 0 Å². The van der Waals surface area contributed by atoms with Crippen LogP contribution in [0.15, 0.2) is 12.1 Å².